The molecule has 6 heteroatoms. The molecule has 0 aliphatic rings. The lowest BCUT2D eigenvalue weighted by Gasteiger charge is -1.86. The van der Waals surface area contributed by atoms with Gasteiger partial charge in [-0.3, -0.25) is 0 Å². The van der Waals surface area contributed by atoms with Gasteiger partial charge in [0.05, 0.1) is 12.0 Å². The number of carboxylic acids is 1. The Hall–Kier alpha value is -2.11. The van der Waals surface area contributed by atoms with Crippen LogP contribution in [0.4, 0.5) is 0 Å². The molecule has 0 saturated heterocycles. The summed E-state index contributed by atoms with van der Waals surface area (Å²) in [6, 6.07) is 0. The summed E-state index contributed by atoms with van der Waals surface area (Å²) in [5.41, 5.74) is 0.872. The number of hydrogen-bond donors (Lipinski definition) is 1. The van der Waals surface area contributed by atoms with E-state index in [2.05, 4.69) is 9.97 Å². The first-order valence-electron chi connectivity index (χ1n) is 4.27. The third kappa shape index (κ3) is 1.61. The van der Waals surface area contributed by atoms with Gasteiger partial charge in [0.1, 0.15) is 5.69 Å². The lowest BCUT2D eigenvalue weighted by atomic mass is 10.4. The lowest BCUT2D eigenvalue weighted by molar-refractivity contribution is 0.0662. The molecule has 0 spiro atoms. The highest BCUT2D eigenvalue weighted by Gasteiger charge is 2.18. The Bertz CT molecular complexity index is 512. The third-order valence-corrected chi connectivity index (χ3v) is 1.91. The smallest absolute Gasteiger partial charge is 0.373 e. The minimum atomic E-state index is -1.12. The summed E-state index contributed by atoms with van der Waals surface area (Å²) in [5, 5.41) is 8.77. The first-order chi connectivity index (χ1) is 7.08. The molecular formula is C9H9N3O3. The molecule has 2 rings (SSSR count). The Morgan fingerprint density at radius 1 is 1.60 bits per heavy atom. The molecule has 1 N–H and O–H groups in total. The van der Waals surface area contributed by atoms with E-state index in [1.807, 2.05) is 7.05 Å². The van der Waals surface area contributed by atoms with E-state index in [1.54, 1.807) is 24.0 Å². The maximum atomic E-state index is 10.7. The van der Waals surface area contributed by atoms with Crippen LogP contribution in [0.5, 0.6) is 0 Å². The van der Waals surface area contributed by atoms with Crippen LogP contribution in [0.15, 0.2) is 16.9 Å². The minimum absolute atomic E-state index is 0.143. The van der Waals surface area contributed by atoms with Crippen molar-refractivity contribution in [3.8, 4) is 11.6 Å². The number of aromatic nitrogens is 3. The molecule has 15 heavy (non-hydrogen) atoms. The van der Waals surface area contributed by atoms with Crippen molar-refractivity contribution >= 4 is 5.97 Å². The van der Waals surface area contributed by atoms with Gasteiger partial charge in [0, 0.05) is 13.2 Å². The first-order valence-corrected chi connectivity index (χ1v) is 4.27. The van der Waals surface area contributed by atoms with E-state index in [1.165, 1.54) is 0 Å². The SMILES string of the molecule is Cc1nc(-c2cn(C)cn2)oc1C(=O)O. The van der Waals surface area contributed by atoms with Crippen LogP contribution in [-0.4, -0.2) is 25.6 Å². The zero-order valence-corrected chi connectivity index (χ0v) is 8.26. The van der Waals surface area contributed by atoms with Gasteiger partial charge in [-0.2, -0.15) is 0 Å². The molecule has 2 aromatic rings. The van der Waals surface area contributed by atoms with Crippen LogP contribution in [-0.2, 0) is 7.05 Å². The summed E-state index contributed by atoms with van der Waals surface area (Å²) < 4.78 is 6.82. The summed E-state index contributed by atoms with van der Waals surface area (Å²) >= 11 is 0. The number of nitrogens with zero attached hydrogens (tertiary/aromatic N) is 3. The van der Waals surface area contributed by atoms with Gasteiger partial charge in [0.2, 0.25) is 11.7 Å². The Balaban J connectivity index is 2.46. The van der Waals surface area contributed by atoms with Crippen molar-refractivity contribution in [1.82, 2.24) is 14.5 Å². The predicted octanol–water partition coefficient (Wildman–Crippen LogP) is 1.08. The molecule has 0 fully saturated rings. The van der Waals surface area contributed by atoms with Gasteiger partial charge in [-0.05, 0) is 6.92 Å². The number of oxazole rings is 1. The van der Waals surface area contributed by atoms with Crippen LogP contribution in [0.2, 0.25) is 0 Å². The normalized spacial score (nSPS) is 10.5. The van der Waals surface area contributed by atoms with Crippen LogP contribution in [0.3, 0.4) is 0 Å². The summed E-state index contributed by atoms with van der Waals surface area (Å²) in [4.78, 5) is 18.7. The summed E-state index contributed by atoms with van der Waals surface area (Å²) in [5.74, 6) is -1.04. The predicted molar refractivity (Wildman–Crippen MR) is 50.4 cm³/mol. The fourth-order valence-electron chi connectivity index (χ4n) is 1.23. The molecule has 0 aliphatic carbocycles. The number of imidazole rings is 1. The van der Waals surface area contributed by atoms with Crippen LogP contribution in [0, 0.1) is 6.92 Å². The molecule has 0 aliphatic heterocycles. The molecule has 0 amide bonds. The second-order valence-electron chi connectivity index (χ2n) is 3.16. The van der Waals surface area contributed by atoms with Crippen LogP contribution in [0.25, 0.3) is 11.6 Å². The van der Waals surface area contributed by atoms with Gasteiger partial charge in [-0.15, -0.1) is 0 Å². The molecule has 0 atom stereocenters. The highest BCUT2D eigenvalue weighted by molar-refractivity contribution is 5.85. The molecule has 0 aromatic carbocycles. The fourth-order valence-corrected chi connectivity index (χ4v) is 1.23. The number of aryl methyl sites for hydroxylation is 2. The van der Waals surface area contributed by atoms with Crippen molar-refractivity contribution in [2.75, 3.05) is 0 Å². The van der Waals surface area contributed by atoms with E-state index in [9.17, 15) is 4.79 Å². The van der Waals surface area contributed by atoms with E-state index in [0.717, 1.165) is 0 Å². The molecule has 0 unspecified atom stereocenters. The number of hydrogen-bond acceptors (Lipinski definition) is 4. The van der Waals surface area contributed by atoms with Crippen molar-refractivity contribution in [3.63, 3.8) is 0 Å². The van der Waals surface area contributed by atoms with Crippen molar-refractivity contribution in [1.29, 1.82) is 0 Å². The molecule has 2 heterocycles. The van der Waals surface area contributed by atoms with Gasteiger partial charge in [-0.1, -0.05) is 0 Å². The fraction of sp³-hybridized carbons (Fsp3) is 0.222. The number of carbonyl (C=O) groups is 1. The summed E-state index contributed by atoms with van der Waals surface area (Å²) in [6.45, 7) is 1.58. The minimum Gasteiger partial charge on any atom is -0.475 e. The molecule has 2 aromatic heterocycles. The van der Waals surface area contributed by atoms with Gasteiger partial charge < -0.3 is 14.1 Å². The maximum Gasteiger partial charge on any atom is 0.373 e. The van der Waals surface area contributed by atoms with Gasteiger partial charge >= 0.3 is 5.97 Å². The third-order valence-electron chi connectivity index (χ3n) is 1.91. The Labute approximate surface area is 85.2 Å². The largest absolute Gasteiger partial charge is 0.475 e. The second-order valence-corrected chi connectivity index (χ2v) is 3.16. The highest BCUT2D eigenvalue weighted by Crippen LogP contribution is 2.19. The van der Waals surface area contributed by atoms with Crippen LogP contribution in [0.1, 0.15) is 16.2 Å². The first kappa shape index (κ1) is 9.45. The highest BCUT2D eigenvalue weighted by atomic mass is 16.4. The zero-order chi connectivity index (χ0) is 11.0. The van der Waals surface area contributed by atoms with E-state index >= 15 is 0 Å². The molecule has 0 saturated carbocycles. The Morgan fingerprint density at radius 2 is 2.33 bits per heavy atom. The van der Waals surface area contributed by atoms with E-state index in [4.69, 9.17) is 9.52 Å². The number of carboxylic acid groups (broad SMARTS) is 1. The average molecular weight is 207 g/mol. The Morgan fingerprint density at radius 3 is 2.80 bits per heavy atom. The summed E-state index contributed by atoms with van der Waals surface area (Å²) in [7, 11) is 1.81. The zero-order valence-electron chi connectivity index (χ0n) is 8.26. The number of aromatic carboxylic acids is 1. The molecule has 0 radical (unpaired) electrons. The quantitative estimate of drug-likeness (QED) is 0.796. The van der Waals surface area contributed by atoms with Crippen LogP contribution >= 0.6 is 0 Å². The van der Waals surface area contributed by atoms with E-state index < -0.39 is 5.97 Å². The molecule has 0 bridgehead atoms. The topological polar surface area (TPSA) is 81.2 Å². The van der Waals surface area contributed by atoms with Crippen molar-refractivity contribution in [2.24, 2.45) is 7.05 Å². The summed E-state index contributed by atoms with van der Waals surface area (Å²) in [6.07, 6.45) is 3.30. The van der Waals surface area contributed by atoms with Crippen molar-refractivity contribution < 1.29 is 14.3 Å². The van der Waals surface area contributed by atoms with Crippen molar-refractivity contribution in [2.45, 2.75) is 6.92 Å². The molecular weight excluding hydrogens is 198 g/mol. The van der Waals surface area contributed by atoms with Gasteiger partial charge in [0.15, 0.2) is 0 Å². The Kier molecular flexibility index (Phi) is 2.03. The van der Waals surface area contributed by atoms with Gasteiger partial charge in [-0.25, -0.2) is 14.8 Å². The average Bonchev–Trinajstić information content (AvgIpc) is 2.71. The lowest BCUT2D eigenvalue weighted by Crippen LogP contribution is -1.95. The van der Waals surface area contributed by atoms with E-state index in [-0.39, 0.29) is 11.7 Å². The van der Waals surface area contributed by atoms with Gasteiger partial charge in [0.25, 0.3) is 0 Å². The van der Waals surface area contributed by atoms with Crippen LogP contribution < -0.4 is 0 Å². The molecule has 78 valence electrons. The molecule has 6 nitrogen and oxygen atoms in total. The second kappa shape index (κ2) is 3.23. The van der Waals surface area contributed by atoms with E-state index in [0.29, 0.717) is 11.4 Å². The standard InChI is InChI=1S/C9H9N3O3/c1-5-7(9(13)14)15-8(11-5)6-3-12(2)4-10-6/h3-4H,1-2H3,(H,13,14). The monoisotopic (exact) mass is 207 g/mol. The maximum absolute atomic E-state index is 10.7. The van der Waals surface area contributed by atoms with Crippen molar-refractivity contribution in [3.05, 3.63) is 24.0 Å². The number of rotatable bonds is 2.